The Morgan fingerprint density at radius 2 is 1.85 bits per heavy atom. The van der Waals surface area contributed by atoms with E-state index in [9.17, 15) is 28.2 Å². The Morgan fingerprint density at radius 3 is 2.50 bits per heavy atom. The number of hydrogen-bond donors (Lipinski definition) is 3. The molecule has 3 aromatic rings. The van der Waals surface area contributed by atoms with Gasteiger partial charge in [-0.2, -0.15) is 13.2 Å². The molecule has 1 aliphatic carbocycles. The largest absolute Gasteiger partial charge is 0.481 e. The van der Waals surface area contributed by atoms with Gasteiger partial charge in [0.25, 0.3) is 0 Å². The lowest BCUT2D eigenvalue weighted by Gasteiger charge is -2.35. The molecule has 180 valence electrons. The van der Waals surface area contributed by atoms with Crippen LogP contribution in [0, 0.1) is 12.8 Å². The van der Waals surface area contributed by atoms with E-state index in [0.717, 1.165) is 12.1 Å². The molecule has 1 heterocycles. The number of carboxylic acids is 1. The van der Waals surface area contributed by atoms with Gasteiger partial charge in [0.05, 0.1) is 22.6 Å². The Balaban J connectivity index is 1.66. The normalized spacial score (nSPS) is 21.9. The van der Waals surface area contributed by atoms with Gasteiger partial charge in [-0.3, -0.25) is 4.79 Å². The number of fused-ring (bicyclic) bond motifs is 1. The fourth-order valence-corrected chi connectivity index (χ4v) is 4.55. The second-order valence-electron chi connectivity index (χ2n) is 8.98. The lowest BCUT2D eigenvalue weighted by atomic mass is 9.75. The number of anilines is 1. The highest BCUT2D eigenvalue weighted by Gasteiger charge is 2.37. The number of halogens is 3. The number of hydrogen-bond acceptors (Lipinski definition) is 5. The van der Waals surface area contributed by atoms with Gasteiger partial charge >= 0.3 is 12.1 Å². The Hall–Kier alpha value is -3.20. The maximum atomic E-state index is 13.1. The highest BCUT2D eigenvalue weighted by Crippen LogP contribution is 2.41. The minimum atomic E-state index is -4.43. The highest BCUT2D eigenvalue weighted by atomic mass is 19.4. The van der Waals surface area contributed by atoms with E-state index in [2.05, 4.69) is 15.3 Å². The highest BCUT2D eigenvalue weighted by molar-refractivity contribution is 5.90. The van der Waals surface area contributed by atoms with E-state index in [-0.39, 0.29) is 0 Å². The fourth-order valence-electron chi connectivity index (χ4n) is 4.55. The number of alkyl halides is 3. The zero-order chi connectivity index (χ0) is 24.7. The third-order valence-corrected chi connectivity index (χ3v) is 6.57. The summed E-state index contributed by atoms with van der Waals surface area (Å²) in [7, 11) is 0. The summed E-state index contributed by atoms with van der Waals surface area (Å²) in [5.41, 5.74) is -0.136. The molecule has 0 aliphatic heterocycles. The lowest BCUT2D eigenvalue weighted by Crippen LogP contribution is -2.33. The second-order valence-corrected chi connectivity index (χ2v) is 8.98. The van der Waals surface area contributed by atoms with Crippen LogP contribution in [0.4, 0.5) is 19.0 Å². The first-order valence-electron chi connectivity index (χ1n) is 11.1. The third-order valence-electron chi connectivity index (χ3n) is 6.57. The molecule has 0 bridgehead atoms. The number of nitrogens with zero attached hydrogens (tertiary/aromatic N) is 2. The van der Waals surface area contributed by atoms with E-state index in [0.29, 0.717) is 59.4 Å². The van der Waals surface area contributed by atoms with Crippen LogP contribution in [0.2, 0.25) is 0 Å². The van der Waals surface area contributed by atoms with Gasteiger partial charge in [-0.25, -0.2) is 9.97 Å². The van der Waals surface area contributed by atoms with Gasteiger partial charge in [-0.15, -0.1) is 0 Å². The van der Waals surface area contributed by atoms with Gasteiger partial charge in [-0.05, 0) is 74.9 Å². The van der Waals surface area contributed by atoms with Crippen LogP contribution in [-0.4, -0.2) is 26.2 Å². The monoisotopic (exact) mass is 473 g/mol. The summed E-state index contributed by atoms with van der Waals surface area (Å²) in [6.45, 7) is 3.48. The first-order valence-corrected chi connectivity index (χ1v) is 11.1. The Morgan fingerprint density at radius 1 is 1.15 bits per heavy atom. The van der Waals surface area contributed by atoms with Crippen LogP contribution in [-0.2, 0) is 16.6 Å². The van der Waals surface area contributed by atoms with Crippen LogP contribution in [0.15, 0.2) is 42.5 Å². The van der Waals surface area contributed by atoms with Crippen molar-refractivity contribution in [2.75, 3.05) is 5.32 Å². The number of rotatable bonds is 5. The van der Waals surface area contributed by atoms with Crippen molar-refractivity contribution >= 4 is 22.7 Å². The average molecular weight is 473 g/mol. The molecule has 3 N–H and O–H groups in total. The predicted molar refractivity (Wildman–Crippen MR) is 121 cm³/mol. The first-order chi connectivity index (χ1) is 16.0. The van der Waals surface area contributed by atoms with Gasteiger partial charge in [0, 0.05) is 11.4 Å². The molecule has 6 nitrogen and oxygen atoms in total. The minimum absolute atomic E-state index is 0.325. The number of aliphatic carboxylic acids is 1. The molecule has 0 unspecified atom stereocenters. The topological polar surface area (TPSA) is 95.3 Å². The van der Waals surface area contributed by atoms with Crippen LogP contribution < -0.4 is 5.32 Å². The van der Waals surface area contributed by atoms with Crippen LogP contribution in [0.1, 0.15) is 61.2 Å². The van der Waals surface area contributed by atoms with Gasteiger partial charge in [0.1, 0.15) is 11.6 Å². The lowest BCUT2D eigenvalue weighted by molar-refractivity contribution is -0.145. The van der Waals surface area contributed by atoms with Gasteiger partial charge in [0.2, 0.25) is 0 Å². The second kappa shape index (κ2) is 8.87. The van der Waals surface area contributed by atoms with Crippen molar-refractivity contribution in [1.29, 1.82) is 0 Å². The SMILES string of the molecule is Cc1nc(N[C@H](C)c2cccc(C(F)(F)F)c2)c2cc([C@]3(O)CC[C@H](C(=O)O)CC3)ccc2n1. The van der Waals surface area contributed by atoms with Crippen LogP contribution >= 0.6 is 0 Å². The standard InChI is InChI=1S/C25H26F3N3O3/c1-14(17-4-3-5-19(12-17)25(26,27)28)29-22-20-13-18(6-7-21(20)30-15(2)31-22)24(34)10-8-16(9-11-24)23(32)33/h3-7,12-14,16,34H,8-11H2,1-2H3,(H,32,33)(H,29,30,31)/t14-,16-,24-/m1/s1. The minimum Gasteiger partial charge on any atom is -0.481 e. The summed E-state index contributed by atoms with van der Waals surface area (Å²) in [6.07, 6.45) is -3.02. The predicted octanol–water partition coefficient (Wildman–Crippen LogP) is 5.59. The maximum absolute atomic E-state index is 13.1. The quantitative estimate of drug-likeness (QED) is 0.447. The maximum Gasteiger partial charge on any atom is 0.416 e. The summed E-state index contributed by atoms with van der Waals surface area (Å²) in [5.74, 6) is -0.353. The zero-order valence-electron chi connectivity index (χ0n) is 18.9. The van der Waals surface area contributed by atoms with Crippen molar-refractivity contribution in [3.05, 3.63) is 65.0 Å². The molecule has 0 spiro atoms. The zero-order valence-corrected chi connectivity index (χ0v) is 18.9. The summed E-state index contributed by atoms with van der Waals surface area (Å²) >= 11 is 0. The molecule has 0 saturated heterocycles. The van der Waals surface area contributed by atoms with Crippen molar-refractivity contribution in [2.45, 2.75) is 57.3 Å². The van der Waals surface area contributed by atoms with E-state index in [1.54, 1.807) is 38.1 Å². The number of nitrogens with one attached hydrogen (secondary N) is 1. The molecule has 9 heteroatoms. The molecule has 34 heavy (non-hydrogen) atoms. The van der Waals surface area contributed by atoms with Gasteiger partial charge in [-0.1, -0.05) is 18.2 Å². The van der Waals surface area contributed by atoms with Gasteiger partial charge < -0.3 is 15.5 Å². The number of aliphatic hydroxyl groups is 1. The number of carbonyl (C=O) groups is 1. The van der Waals surface area contributed by atoms with Crippen molar-refractivity contribution in [3.8, 4) is 0 Å². The van der Waals surface area contributed by atoms with Crippen LogP contribution in [0.3, 0.4) is 0 Å². The van der Waals surface area contributed by atoms with E-state index < -0.39 is 35.3 Å². The van der Waals surface area contributed by atoms with Crippen LogP contribution in [0.25, 0.3) is 10.9 Å². The Kier molecular flexibility index (Phi) is 6.24. The summed E-state index contributed by atoms with van der Waals surface area (Å²) in [4.78, 5) is 20.2. The van der Waals surface area contributed by atoms with E-state index in [4.69, 9.17) is 0 Å². The Bertz CT molecular complexity index is 1220. The fraction of sp³-hybridized carbons (Fsp3) is 0.400. The first kappa shape index (κ1) is 23.9. The molecule has 2 aromatic carbocycles. The average Bonchev–Trinajstić information content (AvgIpc) is 2.78. The van der Waals surface area contributed by atoms with Crippen LogP contribution in [0.5, 0.6) is 0 Å². The number of aromatic nitrogens is 2. The summed E-state index contributed by atoms with van der Waals surface area (Å²) < 4.78 is 39.4. The van der Waals surface area contributed by atoms with E-state index >= 15 is 0 Å². The molecule has 0 amide bonds. The molecule has 1 fully saturated rings. The third kappa shape index (κ3) is 4.84. The summed E-state index contributed by atoms with van der Waals surface area (Å²) in [5, 5.41) is 24.3. The Labute approximate surface area is 194 Å². The molecule has 1 atom stereocenters. The molecular formula is C25H26F3N3O3. The number of aryl methyl sites for hydroxylation is 1. The van der Waals surface area contributed by atoms with Gasteiger partial charge in [0.15, 0.2) is 0 Å². The summed E-state index contributed by atoms with van der Waals surface area (Å²) in [6, 6.07) is 10.0. The van der Waals surface area contributed by atoms with Crippen molar-refractivity contribution in [2.24, 2.45) is 5.92 Å². The molecular weight excluding hydrogens is 447 g/mol. The molecule has 1 saturated carbocycles. The molecule has 0 radical (unpaired) electrons. The smallest absolute Gasteiger partial charge is 0.416 e. The molecule has 4 rings (SSSR count). The number of benzene rings is 2. The molecule has 1 aliphatic rings. The van der Waals surface area contributed by atoms with E-state index in [1.165, 1.54) is 6.07 Å². The van der Waals surface area contributed by atoms with E-state index in [1.807, 2.05) is 0 Å². The van der Waals surface area contributed by atoms with Crippen molar-refractivity contribution in [3.63, 3.8) is 0 Å². The van der Waals surface area contributed by atoms with Crippen molar-refractivity contribution < 1.29 is 28.2 Å². The van der Waals surface area contributed by atoms with Crippen molar-refractivity contribution in [1.82, 2.24) is 9.97 Å². The molecule has 1 aromatic heterocycles. The number of carboxylic acid groups (broad SMARTS) is 1.